The van der Waals surface area contributed by atoms with Gasteiger partial charge in [-0.3, -0.25) is 4.79 Å². The summed E-state index contributed by atoms with van der Waals surface area (Å²) < 4.78 is 0. The molecule has 2 aromatic carbocycles. The van der Waals surface area contributed by atoms with E-state index in [0.717, 1.165) is 28.5 Å². The zero-order valence-electron chi connectivity index (χ0n) is 17.2. The van der Waals surface area contributed by atoms with Gasteiger partial charge in [-0.25, -0.2) is 4.79 Å². The van der Waals surface area contributed by atoms with E-state index < -0.39 is 0 Å². The highest BCUT2D eigenvalue weighted by molar-refractivity contribution is 6.30. The highest BCUT2D eigenvalue weighted by Crippen LogP contribution is 2.22. The van der Waals surface area contributed by atoms with Gasteiger partial charge in [0.15, 0.2) is 0 Å². The van der Waals surface area contributed by atoms with Gasteiger partial charge in [-0.2, -0.15) is 0 Å². The highest BCUT2D eigenvalue weighted by Gasteiger charge is 2.24. The summed E-state index contributed by atoms with van der Waals surface area (Å²) in [5.74, 6) is -0.0248. The maximum atomic E-state index is 13.1. The second kappa shape index (κ2) is 8.40. The molecule has 1 aliphatic heterocycles. The number of benzene rings is 2. The molecule has 6 nitrogen and oxygen atoms in total. The molecule has 0 unspecified atom stereocenters. The third-order valence-electron chi connectivity index (χ3n) is 5.49. The number of hydrogen-bond acceptors (Lipinski definition) is 2. The monoisotopic (exact) mass is 424 g/mol. The molecular weight excluding hydrogens is 400 g/mol. The van der Waals surface area contributed by atoms with E-state index >= 15 is 0 Å². The van der Waals surface area contributed by atoms with E-state index in [9.17, 15) is 9.59 Å². The van der Waals surface area contributed by atoms with Crippen LogP contribution in [0.15, 0.2) is 42.5 Å². The van der Waals surface area contributed by atoms with Crippen LogP contribution >= 0.6 is 11.6 Å². The second-order valence-corrected chi connectivity index (χ2v) is 8.23. The number of urea groups is 1. The molecule has 2 N–H and O–H groups in total. The SMILES string of the molecule is Cc1cc(C)c2cc(C(=O)N3CCCN(C(=O)Nc4ccc(Cl)cc4)CC3)[nH]c2c1. The third-order valence-corrected chi connectivity index (χ3v) is 5.74. The smallest absolute Gasteiger partial charge is 0.321 e. The van der Waals surface area contributed by atoms with Crippen molar-refractivity contribution < 1.29 is 9.59 Å². The van der Waals surface area contributed by atoms with E-state index in [1.807, 2.05) is 17.9 Å². The molecule has 0 radical (unpaired) electrons. The molecule has 3 aromatic rings. The molecular formula is C23H25ClN4O2. The van der Waals surface area contributed by atoms with Crippen LogP contribution in [-0.4, -0.2) is 52.9 Å². The Kier molecular flexibility index (Phi) is 5.68. The minimum Gasteiger partial charge on any atom is -0.351 e. The van der Waals surface area contributed by atoms with Crippen molar-refractivity contribution in [3.05, 3.63) is 64.3 Å². The first kappa shape index (κ1) is 20.3. The van der Waals surface area contributed by atoms with E-state index in [2.05, 4.69) is 29.4 Å². The average molecular weight is 425 g/mol. The Bertz CT molecular complexity index is 1090. The van der Waals surface area contributed by atoms with Gasteiger partial charge >= 0.3 is 6.03 Å². The molecule has 1 aliphatic rings. The first-order valence-electron chi connectivity index (χ1n) is 10.1. The Labute approximate surface area is 180 Å². The van der Waals surface area contributed by atoms with E-state index in [4.69, 9.17) is 11.6 Å². The summed E-state index contributed by atoms with van der Waals surface area (Å²) in [6.07, 6.45) is 0.734. The van der Waals surface area contributed by atoms with Gasteiger partial charge in [0.2, 0.25) is 0 Å². The van der Waals surface area contributed by atoms with Gasteiger partial charge in [0.25, 0.3) is 5.91 Å². The Balaban J connectivity index is 1.42. The molecule has 1 saturated heterocycles. The number of nitrogens with zero attached hydrogens (tertiary/aromatic N) is 2. The molecule has 0 spiro atoms. The summed E-state index contributed by atoms with van der Waals surface area (Å²) in [4.78, 5) is 32.5. The maximum absolute atomic E-state index is 13.1. The van der Waals surface area contributed by atoms with Gasteiger partial charge in [-0.05, 0) is 67.8 Å². The van der Waals surface area contributed by atoms with Crippen molar-refractivity contribution in [3.8, 4) is 0 Å². The average Bonchev–Trinajstić information content (AvgIpc) is 2.98. The van der Waals surface area contributed by atoms with Crippen LogP contribution in [-0.2, 0) is 0 Å². The number of nitrogens with one attached hydrogen (secondary N) is 2. The van der Waals surface area contributed by atoms with Crippen molar-refractivity contribution in [2.24, 2.45) is 0 Å². The predicted molar refractivity (Wildman–Crippen MR) is 120 cm³/mol. The van der Waals surface area contributed by atoms with Crippen LogP contribution in [0.3, 0.4) is 0 Å². The molecule has 3 amide bonds. The third kappa shape index (κ3) is 4.28. The van der Waals surface area contributed by atoms with E-state index in [0.29, 0.717) is 42.6 Å². The number of aromatic amines is 1. The van der Waals surface area contributed by atoms with Crippen molar-refractivity contribution in [1.82, 2.24) is 14.8 Å². The lowest BCUT2D eigenvalue weighted by Crippen LogP contribution is -2.39. The molecule has 0 saturated carbocycles. The van der Waals surface area contributed by atoms with Crippen LogP contribution in [0.4, 0.5) is 10.5 Å². The largest absolute Gasteiger partial charge is 0.351 e. The number of carbonyl (C=O) groups is 2. The Morgan fingerprint density at radius 3 is 2.43 bits per heavy atom. The van der Waals surface area contributed by atoms with Crippen LogP contribution in [0.1, 0.15) is 28.0 Å². The number of H-pyrrole nitrogens is 1. The predicted octanol–water partition coefficient (Wildman–Crippen LogP) is 4.82. The van der Waals surface area contributed by atoms with Crippen molar-refractivity contribution in [2.75, 3.05) is 31.5 Å². The lowest BCUT2D eigenvalue weighted by Gasteiger charge is -2.22. The zero-order valence-corrected chi connectivity index (χ0v) is 17.9. The summed E-state index contributed by atoms with van der Waals surface area (Å²) in [6, 6.07) is 13.0. The number of aryl methyl sites for hydroxylation is 2. The number of aromatic nitrogens is 1. The summed E-state index contributed by atoms with van der Waals surface area (Å²) in [5, 5.41) is 4.59. The maximum Gasteiger partial charge on any atom is 0.321 e. The summed E-state index contributed by atoms with van der Waals surface area (Å²) >= 11 is 5.89. The molecule has 30 heavy (non-hydrogen) atoms. The highest BCUT2D eigenvalue weighted by atomic mass is 35.5. The molecule has 0 atom stereocenters. The minimum atomic E-state index is -0.164. The first-order valence-corrected chi connectivity index (χ1v) is 10.5. The van der Waals surface area contributed by atoms with Gasteiger partial charge in [0, 0.05) is 47.8 Å². The molecule has 7 heteroatoms. The van der Waals surface area contributed by atoms with Crippen molar-refractivity contribution >= 4 is 40.1 Å². The fourth-order valence-electron chi connectivity index (χ4n) is 3.94. The van der Waals surface area contributed by atoms with E-state index in [1.165, 1.54) is 0 Å². The minimum absolute atomic E-state index is 0.0248. The van der Waals surface area contributed by atoms with Gasteiger partial charge in [-0.1, -0.05) is 17.7 Å². The Hall–Kier alpha value is -2.99. The van der Waals surface area contributed by atoms with Crippen LogP contribution in [0.25, 0.3) is 10.9 Å². The number of anilines is 1. The van der Waals surface area contributed by atoms with Crippen LogP contribution in [0.5, 0.6) is 0 Å². The number of halogens is 1. The lowest BCUT2D eigenvalue weighted by molar-refractivity contribution is 0.0758. The van der Waals surface area contributed by atoms with Crippen LogP contribution in [0.2, 0.25) is 5.02 Å². The van der Waals surface area contributed by atoms with Gasteiger partial charge in [-0.15, -0.1) is 0 Å². The second-order valence-electron chi connectivity index (χ2n) is 7.80. The van der Waals surface area contributed by atoms with Gasteiger partial charge in [0.1, 0.15) is 5.69 Å². The zero-order chi connectivity index (χ0) is 21.3. The standard InChI is InChI=1S/C23H25ClN4O2/c1-15-12-16(2)19-14-21(26-20(19)13-15)22(29)27-8-3-9-28(11-10-27)23(30)25-18-6-4-17(24)5-7-18/h4-7,12-14,26H,3,8-11H2,1-2H3,(H,25,30). The number of hydrogen-bond donors (Lipinski definition) is 2. The number of fused-ring (bicyclic) bond motifs is 1. The normalized spacial score (nSPS) is 14.6. The molecule has 0 aliphatic carbocycles. The van der Waals surface area contributed by atoms with Gasteiger partial charge < -0.3 is 20.1 Å². The topological polar surface area (TPSA) is 68.4 Å². The lowest BCUT2D eigenvalue weighted by atomic mass is 10.1. The summed E-state index contributed by atoms with van der Waals surface area (Å²) in [5.41, 5.74) is 4.59. The van der Waals surface area contributed by atoms with Gasteiger partial charge in [0.05, 0.1) is 0 Å². The first-order chi connectivity index (χ1) is 14.4. The fourth-order valence-corrected chi connectivity index (χ4v) is 4.07. The van der Waals surface area contributed by atoms with Crippen LogP contribution < -0.4 is 5.32 Å². The van der Waals surface area contributed by atoms with E-state index in [1.54, 1.807) is 29.2 Å². The molecule has 1 aromatic heterocycles. The van der Waals surface area contributed by atoms with Crippen LogP contribution in [0, 0.1) is 13.8 Å². The molecule has 0 bridgehead atoms. The van der Waals surface area contributed by atoms with E-state index in [-0.39, 0.29) is 11.9 Å². The number of rotatable bonds is 2. The molecule has 2 heterocycles. The molecule has 1 fully saturated rings. The summed E-state index contributed by atoms with van der Waals surface area (Å²) in [6.45, 7) is 6.32. The molecule has 156 valence electrons. The van der Waals surface area contributed by atoms with Crippen molar-refractivity contribution in [3.63, 3.8) is 0 Å². The quantitative estimate of drug-likeness (QED) is 0.619. The molecule has 4 rings (SSSR count). The van der Waals surface area contributed by atoms with Crippen molar-refractivity contribution in [2.45, 2.75) is 20.3 Å². The summed E-state index contributed by atoms with van der Waals surface area (Å²) in [7, 11) is 0. The van der Waals surface area contributed by atoms with Crippen molar-refractivity contribution in [1.29, 1.82) is 0 Å². The fraction of sp³-hybridized carbons (Fsp3) is 0.304. The number of amides is 3. The number of carbonyl (C=O) groups excluding carboxylic acids is 2. The Morgan fingerprint density at radius 1 is 0.967 bits per heavy atom. The Morgan fingerprint density at radius 2 is 1.67 bits per heavy atom.